The summed E-state index contributed by atoms with van der Waals surface area (Å²) >= 11 is 0. The molecule has 1 heterocycles. The van der Waals surface area contributed by atoms with Crippen LogP contribution in [0, 0.1) is 13.8 Å². The molecule has 0 bridgehead atoms. The normalized spacial score (nSPS) is 12.2. The number of aryl methyl sites for hydroxylation is 2. The fourth-order valence-corrected chi connectivity index (χ4v) is 3.35. The number of carbonyl (C=O) groups excluding carboxylic acids is 1. The van der Waals surface area contributed by atoms with Crippen molar-refractivity contribution in [2.45, 2.75) is 59.8 Å². The average Bonchev–Trinajstić information content (AvgIpc) is 3.19. The summed E-state index contributed by atoms with van der Waals surface area (Å²) in [5, 5.41) is 2.93. The second-order valence-corrected chi connectivity index (χ2v) is 7.97. The minimum absolute atomic E-state index is 0.108. The van der Waals surface area contributed by atoms with E-state index in [0.717, 1.165) is 19.5 Å². The lowest BCUT2D eigenvalue weighted by Gasteiger charge is -2.22. The lowest BCUT2D eigenvalue weighted by atomic mass is 10.0. The van der Waals surface area contributed by atoms with Crippen LogP contribution >= 0.6 is 0 Å². The Balaban J connectivity index is 1.76. The molecule has 0 aliphatic rings. The molecule has 0 radical (unpaired) electrons. The Hall–Kier alpha value is -2.92. The highest BCUT2D eigenvalue weighted by Crippen LogP contribution is 2.18. The zero-order valence-electron chi connectivity index (χ0n) is 18.3. The molecular weight excluding hydrogens is 374 g/mol. The van der Waals surface area contributed by atoms with Gasteiger partial charge in [0.2, 0.25) is 5.89 Å². The quantitative estimate of drug-likeness (QED) is 0.543. The average molecular weight is 406 g/mol. The Labute approximate surface area is 179 Å². The van der Waals surface area contributed by atoms with Gasteiger partial charge in [0.05, 0.1) is 6.54 Å². The van der Waals surface area contributed by atoms with E-state index < -0.39 is 0 Å². The van der Waals surface area contributed by atoms with Crippen LogP contribution in [0.3, 0.4) is 0 Å². The number of nitrogens with zero attached hydrogens (tertiary/aromatic N) is 2. The molecule has 1 atom stereocenters. The van der Waals surface area contributed by atoms with Gasteiger partial charge in [-0.05, 0) is 43.9 Å². The summed E-state index contributed by atoms with van der Waals surface area (Å²) in [6.45, 7) is 10.3. The van der Waals surface area contributed by atoms with Crippen LogP contribution < -0.4 is 5.32 Å². The smallest absolute Gasteiger partial charge is 0.273 e. The first-order valence-corrected chi connectivity index (χ1v) is 10.5. The SMILES string of the molecule is CC[C@@H](C)NC(=O)c1coc(CN(Cc2ccccc2)Cc2ccc(C)cc2C)n1. The maximum atomic E-state index is 12.3. The molecule has 1 amide bonds. The molecule has 0 fully saturated rings. The van der Waals surface area contributed by atoms with Crippen molar-refractivity contribution in [1.29, 1.82) is 0 Å². The highest BCUT2D eigenvalue weighted by molar-refractivity contribution is 5.92. The zero-order valence-corrected chi connectivity index (χ0v) is 18.3. The number of benzene rings is 2. The lowest BCUT2D eigenvalue weighted by molar-refractivity contribution is 0.0934. The maximum absolute atomic E-state index is 12.3. The van der Waals surface area contributed by atoms with E-state index in [1.165, 1.54) is 28.5 Å². The summed E-state index contributed by atoms with van der Waals surface area (Å²) < 4.78 is 5.64. The number of hydrogen-bond acceptors (Lipinski definition) is 4. The summed E-state index contributed by atoms with van der Waals surface area (Å²) in [5.74, 6) is 0.355. The minimum atomic E-state index is -0.191. The van der Waals surface area contributed by atoms with Gasteiger partial charge in [-0.15, -0.1) is 0 Å². The summed E-state index contributed by atoms with van der Waals surface area (Å²) in [6, 6.07) is 17.0. The van der Waals surface area contributed by atoms with Gasteiger partial charge in [0, 0.05) is 19.1 Å². The Kier molecular flexibility index (Phi) is 7.41. The van der Waals surface area contributed by atoms with E-state index in [0.29, 0.717) is 18.1 Å². The predicted molar refractivity (Wildman–Crippen MR) is 119 cm³/mol. The van der Waals surface area contributed by atoms with Crippen LogP contribution in [0.15, 0.2) is 59.2 Å². The van der Waals surface area contributed by atoms with E-state index in [9.17, 15) is 4.79 Å². The Bertz CT molecular complexity index is 966. The van der Waals surface area contributed by atoms with Crippen molar-refractivity contribution < 1.29 is 9.21 Å². The van der Waals surface area contributed by atoms with Crippen molar-refractivity contribution in [3.05, 3.63) is 88.6 Å². The van der Waals surface area contributed by atoms with Gasteiger partial charge in [-0.2, -0.15) is 0 Å². The topological polar surface area (TPSA) is 58.4 Å². The molecule has 1 N–H and O–H groups in total. The largest absolute Gasteiger partial charge is 0.447 e. The fraction of sp³-hybridized carbons (Fsp3) is 0.360. The van der Waals surface area contributed by atoms with E-state index in [4.69, 9.17) is 4.42 Å². The van der Waals surface area contributed by atoms with Crippen molar-refractivity contribution in [2.24, 2.45) is 0 Å². The van der Waals surface area contributed by atoms with Crippen LogP contribution in [0.1, 0.15) is 58.9 Å². The minimum Gasteiger partial charge on any atom is -0.447 e. The Morgan fingerprint density at radius 3 is 2.57 bits per heavy atom. The Morgan fingerprint density at radius 2 is 1.87 bits per heavy atom. The highest BCUT2D eigenvalue weighted by atomic mass is 16.3. The number of hydrogen-bond donors (Lipinski definition) is 1. The van der Waals surface area contributed by atoms with Gasteiger partial charge in [0.15, 0.2) is 5.69 Å². The first-order chi connectivity index (χ1) is 14.4. The monoisotopic (exact) mass is 405 g/mol. The van der Waals surface area contributed by atoms with E-state index >= 15 is 0 Å². The second-order valence-electron chi connectivity index (χ2n) is 7.97. The standard InChI is InChI=1S/C25H31N3O2/c1-5-20(4)26-25(29)23-17-30-24(27-23)16-28(14-21-9-7-6-8-10-21)15-22-12-11-18(2)13-19(22)3/h6-13,17,20H,5,14-16H2,1-4H3,(H,26,29)/t20-/m1/s1. The maximum Gasteiger partial charge on any atom is 0.273 e. The van der Waals surface area contributed by atoms with Gasteiger partial charge in [-0.3, -0.25) is 9.69 Å². The van der Waals surface area contributed by atoms with Gasteiger partial charge >= 0.3 is 0 Å². The third kappa shape index (κ3) is 6.04. The number of rotatable bonds is 9. The molecule has 158 valence electrons. The second kappa shape index (κ2) is 10.2. The lowest BCUT2D eigenvalue weighted by Crippen LogP contribution is -2.32. The number of oxazole rings is 1. The van der Waals surface area contributed by atoms with Crippen LogP contribution in [-0.2, 0) is 19.6 Å². The summed E-state index contributed by atoms with van der Waals surface area (Å²) in [5.41, 5.74) is 5.36. The molecule has 1 aromatic heterocycles. The van der Waals surface area contributed by atoms with E-state index in [1.54, 1.807) is 0 Å². The molecule has 3 aromatic rings. The molecular formula is C25H31N3O2. The van der Waals surface area contributed by atoms with E-state index in [1.807, 2.05) is 32.0 Å². The van der Waals surface area contributed by atoms with Crippen LogP contribution in [-0.4, -0.2) is 21.8 Å². The van der Waals surface area contributed by atoms with E-state index in [-0.39, 0.29) is 11.9 Å². The Morgan fingerprint density at radius 1 is 1.10 bits per heavy atom. The molecule has 3 rings (SSSR count). The van der Waals surface area contributed by atoms with Crippen molar-refractivity contribution in [3.8, 4) is 0 Å². The van der Waals surface area contributed by atoms with Gasteiger partial charge in [0.1, 0.15) is 6.26 Å². The molecule has 0 aliphatic carbocycles. The van der Waals surface area contributed by atoms with Crippen LogP contribution in [0.2, 0.25) is 0 Å². The number of amides is 1. The fourth-order valence-electron chi connectivity index (χ4n) is 3.35. The third-order valence-electron chi connectivity index (χ3n) is 5.27. The molecule has 0 saturated carbocycles. The molecule has 5 nitrogen and oxygen atoms in total. The van der Waals surface area contributed by atoms with E-state index in [2.05, 4.69) is 59.4 Å². The summed E-state index contributed by atoms with van der Waals surface area (Å²) in [4.78, 5) is 19.0. The van der Waals surface area contributed by atoms with Gasteiger partial charge < -0.3 is 9.73 Å². The van der Waals surface area contributed by atoms with Gasteiger partial charge in [-0.1, -0.05) is 61.0 Å². The van der Waals surface area contributed by atoms with Gasteiger partial charge in [-0.25, -0.2) is 4.98 Å². The summed E-state index contributed by atoms with van der Waals surface area (Å²) in [7, 11) is 0. The first kappa shape index (κ1) is 21.8. The third-order valence-corrected chi connectivity index (χ3v) is 5.27. The van der Waals surface area contributed by atoms with Crippen LogP contribution in [0.5, 0.6) is 0 Å². The first-order valence-electron chi connectivity index (χ1n) is 10.5. The number of aromatic nitrogens is 1. The molecule has 30 heavy (non-hydrogen) atoms. The number of nitrogens with one attached hydrogen (secondary N) is 1. The van der Waals surface area contributed by atoms with Gasteiger partial charge in [0.25, 0.3) is 5.91 Å². The van der Waals surface area contributed by atoms with Crippen LogP contribution in [0.4, 0.5) is 0 Å². The van der Waals surface area contributed by atoms with Crippen LogP contribution in [0.25, 0.3) is 0 Å². The molecule has 0 unspecified atom stereocenters. The van der Waals surface area contributed by atoms with Crippen molar-refractivity contribution in [3.63, 3.8) is 0 Å². The molecule has 0 spiro atoms. The summed E-state index contributed by atoms with van der Waals surface area (Å²) in [6.07, 6.45) is 2.32. The molecule has 5 heteroatoms. The van der Waals surface area contributed by atoms with Crippen molar-refractivity contribution in [1.82, 2.24) is 15.2 Å². The molecule has 0 saturated heterocycles. The highest BCUT2D eigenvalue weighted by Gasteiger charge is 2.17. The molecule has 2 aromatic carbocycles. The number of carbonyl (C=O) groups is 1. The van der Waals surface area contributed by atoms with Crippen molar-refractivity contribution in [2.75, 3.05) is 0 Å². The predicted octanol–water partition coefficient (Wildman–Crippen LogP) is 5.02. The molecule has 0 aliphatic heterocycles. The zero-order chi connectivity index (χ0) is 21.5. The van der Waals surface area contributed by atoms with Crippen molar-refractivity contribution >= 4 is 5.91 Å².